The minimum Gasteiger partial charge on any atom is -0.481 e. The summed E-state index contributed by atoms with van der Waals surface area (Å²) < 4.78 is 66.5. The summed E-state index contributed by atoms with van der Waals surface area (Å²) in [6, 6.07) is 5.90. The summed E-state index contributed by atoms with van der Waals surface area (Å²) in [6.07, 6.45) is -4.00. The molecule has 1 saturated heterocycles. The Kier molecular flexibility index (Phi) is 6.52. The molecule has 1 aliphatic heterocycles. The minimum atomic E-state index is -4.48. The second-order valence-electron chi connectivity index (χ2n) is 7.92. The molecular formula is C21H24F3N3O4S. The Balaban J connectivity index is 1.85. The van der Waals surface area contributed by atoms with Gasteiger partial charge in [-0.2, -0.15) is 17.5 Å². The van der Waals surface area contributed by atoms with Crippen LogP contribution in [0.2, 0.25) is 0 Å². The molecule has 0 radical (unpaired) electrons. The van der Waals surface area contributed by atoms with E-state index in [0.717, 1.165) is 12.3 Å². The number of carbonyl (C=O) groups is 1. The molecule has 3 rings (SSSR count). The zero-order valence-electron chi connectivity index (χ0n) is 17.8. The molecule has 2 aromatic rings. The number of carboxylic acids is 1. The molecule has 0 unspecified atom stereocenters. The summed E-state index contributed by atoms with van der Waals surface area (Å²) in [5.41, 5.74) is 0.180. The highest BCUT2D eigenvalue weighted by atomic mass is 32.2. The zero-order valence-corrected chi connectivity index (χ0v) is 18.6. The van der Waals surface area contributed by atoms with Crippen molar-refractivity contribution in [3.05, 3.63) is 53.2 Å². The van der Waals surface area contributed by atoms with Gasteiger partial charge in [-0.05, 0) is 56.2 Å². The summed E-state index contributed by atoms with van der Waals surface area (Å²) >= 11 is 0. The molecule has 0 bridgehead atoms. The summed E-state index contributed by atoms with van der Waals surface area (Å²) in [5, 5.41) is 9.04. The number of pyridine rings is 1. The van der Waals surface area contributed by atoms with E-state index in [1.54, 1.807) is 31.7 Å². The van der Waals surface area contributed by atoms with Gasteiger partial charge in [-0.15, -0.1) is 0 Å². The van der Waals surface area contributed by atoms with Crippen molar-refractivity contribution in [2.75, 3.05) is 18.0 Å². The monoisotopic (exact) mass is 471 g/mol. The van der Waals surface area contributed by atoms with Crippen molar-refractivity contribution in [1.82, 2.24) is 9.29 Å². The van der Waals surface area contributed by atoms with Crippen molar-refractivity contribution < 1.29 is 31.5 Å². The molecule has 1 aromatic carbocycles. The average molecular weight is 472 g/mol. The van der Waals surface area contributed by atoms with E-state index in [1.807, 2.05) is 0 Å². The molecule has 0 aliphatic carbocycles. The van der Waals surface area contributed by atoms with Crippen LogP contribution in [0.3, 0.4) is 0 Å². The first-order valence-corrected chi connectivity index (χ1v) is 11.4. The molecular weight excluding hydrogens is 447 g/mol. The van der Waals surface area contributed by atoms with Crippen LogP contribution in [0, 0.1) is 6.92 Å². The lowest BCUT2D eigenvalue weighted by molar-refractivity contribution is -0.138. The Morgan fingerprint density at radius 3 is 2.41 bits per heavy atom. The van der Waals surface area contributed by atoms with Crippen LogP contribution in [0.25, 0.3) is 0 Å². The van der Waals surface area contributed by atoms with Gasteiger partial charge in [0.15, 0.2) is 0 Å². The van der Waals surface area contributed by atoms with E-state index in [1.165, 1.54) is 22.5 Å². The van der Waals surface area contributed by atoms with Crippen LogP contribution in [0.1, 0.15) is 30.5 Å². The van der Waals surface area contributed by atoms with Gasteiger partial charge in [0.25, 0.3) is 0 Å². The number of hydrogen-bond acceptors (Lipinski definition) is 5. The Bertz CT molecular complexity index is 1100. The van der Waals surface area contributed by atoms with Gasteiger partial charge in [0, 0.05) is 31.4 Å². The van der Waals surface area contributed by atoms with E-state index < -0.39 is 33.8 Å². The van der Waals surface area contributed by atoms with E-state index in [-0.39, 0.29) is 30.4 Å². The number of anilines is 1. The molecule has 2 heterocycles. The molecule has 1 N–H and O–H groups in total. The van der Waals surface area contributed by atoms with Gasteiger partial charge in [-0.1, -0.05) is 6.07 Å². The van der Waals surface area contributed by atoms with Gasteiger partial charge in [0.1, 0.15) is 5.82 Å². The number of aromatic nitrogens is 1. The Morgan fingerprint density at radius 1 is 1.16 bits per heavy atom. The van der Waals surface area contributed by atoms with E-state index >= 15 is 0 Å². The molecule has 0 spiro atoms. The van der Waals surface area contributed by atoms with Crippen molar-refractivity contribution in [2.45, 2.75) is 50.3 Å². The largest absolute Gasteiger partial charge is 0.481 e. The maximum absolute atomic E-state index is 13.4. The van der Waals surface area contributed by atoms with Crippen LogP contribution in [-0.4, -0.2) is 54.0 Å². The summed E-state index contributed by atoms with van der Waals surface area (Å²) in [6.45, 7) is 5.57. The van der Waals surface area contributed by atoms with Crippen LogP contribution in [0.4, 0.5) is 19.0 Å². The Morgan fingerprint density at radius 2 is 1.84 bits per heavy atom. The van der Waals surface area contributed by atoms with Gasteiger partial charge in [0.05, 0.1) is 16.9 Å². The number of piperazine rings is 1. The number of rotatable bonds is 5. The number of hydrogen-bond donors (Lipinski definition) is 1. The number of benzene rings is 1. The standard InChI is InChI=1S/C21H24F3N3O4S/c1-13-8-16(11-20(28)29)10-18(9-13)32(30,31)27-7-6-26(14(2)15(27)3)19-5-4-17(12-25-19)21(22,23)24/h4-5,8-10,12,14-15H,6-7,11H2,1-3H3,(H,28,29)/t14-,15+/m0/s1. The third-order valence-corrected chi connectivity index (χ3v) is 7.61. The van der Waals surface area contributed by atoms with Crippen molar-refractivity contribution >= 4 is 21.8 Å². The normalized spacial score (nSPS) is 20.4. The minimum absolute atomic E-state index is 0.0221. The highest BCUT2D eigenvalue weighted by Crippen LogP contribution is 2.32. The van der Waals surface area contributed by atoms with Gasteiger partial charge < -0.3 is 10.0 Å². The number of alkyl halides is 3. The van der Waals surface area contributed by atoms with Crippen molar-refractivity contribution in [2.24, 2.45) is 0 Å². The predicted octanol–water partition coefficient (Wildman–Crippen LogP) is 3.32. The number of nitrogens with zero attached hydrogens (tertiary/aromatic N) is 3. The first-order chi connectivity index (χ1) is 14.8. The lowest BCUT2D eigenvalue weighted by Gasteiger charge is -2.44. The van der Waals surface area contributed by atoms with Crippen molar-refractivity contribution in [3.63, 3.8) is 0 Å². The fourth-order valence-electron chi connectivity index (χ4n) is 3.89. The number of carboxylic acid groups (broad SMARTS) is 1. The number of aryl methyl sites for hydroxylation is 1. The molecule has 1 aliphatic rings. The number of halogens is 3. The van der Waals surface area contributed by atoms with Crippen LogP contribution in [-0.2, 0) is 27.4 Å². The highest BCUT2D eigenvalue weighted by Gasteiger charge is 2.39. The van der Waals surface area contributed by atoms with Crippen molar-refractivity contribution in [3.8, 4) is 0 Å². The SMILES string of the molecule is Cc1cc(CC(=O)O)cc(S(=O)(=O)N2CCN(c3ccc(C(F)(F)F)cn3)[C@@H](C)[C@H]2C)c1. The Labute approximate surface area is 184 Å². The molecule has 11 heteroatoms. The van der Waals surface area contributed by atoms with Crippen LogP contribution < -0.4 is 4.90 Å². The van der Waals surface area contributed by atoms with Gasteiger partial charge in [0.2, 0.25) is 10.0 Å². The fourth-order valence-corrected chi connectivity index (χ4v) is 5.73. The van der Waals surface area contributed by atoms with E-state index in [0.29, 0.717) is 16.9 Å². The molecule has 2 atom stereocenters. The van der Waals surface area contributed by atoms with Crippen molar-refractivity contribution in [1.29, 1.82) is 0 Å². The third kappa shape index (κ3) is 4.88. The van der Waals surface area contributed by atoms with Gasteiger partial charge in [-0.25, -0.2) is 13.4 Å². The van der Waals surface area contributed by atoms with Gasteiger partial charge >= 0.3 is 12.1 Å². The molecule has 7 nitrogen and oxygen atoms in total. The number of aliphatic carboxylic acids is 1. The molecule has 1 fully saturated rings. The topological polar surface area (TPSA) is 90.8 Å². The smallest absolute Gasteiger partial charge is 0.417 e. The van der Waals surface area contributed by atoms with Crippen LogP contribution >= 0.6 is 0 Å². The third-order valence-electron chi connectivity index (χ3n) is 5.65. The first-order valence-electron chi connectivity index (χ1n) is 9.95. The quantitative estimate of drug-likeness (QED) is 0.720. The fraction of sp³-hybridized carbons (Fsp3) is 0.429. The summed E-state index contributed by atoms with van der Waals surface area (Å²) in [4.78, 5) is 16.8. The first kappa shape index (κ1) is 24.0. The highest BCUT2D eigenvalue weighted by molar-refractivity contribution is 7.89. The maximum Gasteiger partial charge on any atom is 0.417 e. The molecule has 1 aromatic heterocycles. The molecule has 0 amide bonds. The van der Waals surface area contributed by atoms with E-state index in [2.05, 4.69) is 4.98 Å². The van der Waals surface area contributed by atoms with Crippen LogP contribution in [0.5, 0.6) is 0 Å². The maximum atomic E-state index is 13.4. The molecule has 0 saturated carbocycles. The summed E-state index contributed by atoms with van der Waals surface area (Å²) in [5.74, 6) is -0.715. The van der Waals surface area contributed by atoms with E-state index in [4.69, 9.17) is 5.11 Å². The summed E-state index contributed by atoms with van der Waals surface area (Å²) in [7, 11) is -3.91. The van der Waals surface area contributed by atoms with Crippen LogP contribution in [0.15, 0.2) is 41.4 Å². The molecule has 174 valence electrons. The lowest BCUT2D eigenvalue weighted by atomic mass is 10.1. The Hall–Kier alpha value is -2.66. The average Bonchev–Trinajstić information content (AvgIpc) is 2.68. The number of sulfonamides is 1. The second-order valence-corrected chi connectivity index (χ2v) is 9.81. The lowest BCUT2D eigenvalue weighted by Crippen LogP contribution is -2.59. The predicted molar refractivity (Wildman–Crippen MR) is 112 cm³/mol. The van der Waals surface area contributed by atoms with E-state index in [9.17, 15) is 26.4 Å². The van der Waals surface area contributed by atoms with Gasteiger partial charge in [-0.3, -0.25) is 4.79 Å². The molecule has 32 heavy (non-hydrogen) atoms. The second kappa shape index (κ2) is 8.70. The zero-order chi connectivity index (χ0) is 23.8.